The van der Waals surface area contributed by atoms with Crippen molar-refractivity contribution >= 4 is 5.57 Å². The van der Waals surface area contributed by atoms with Gasteiger partial charge in [0, 0.05) is 5.41 Å². The molecular weight excluding hydrogens is 324 g/mol. The number of benzene rings is 2. The molecule has 0 bridgehead atoms. The molecule has 5 atom stereocenters. The predicted molar refractivity (Wildman–Crippen MR) is 113 cm³/mol. The molecular formula is C27H28. The summed E-state index contributed by atoms with van der Waals surface area (Å²) < 4.78 is 0. The van der Waals surface area contributed by atoms with Gasteiger partial charge in [0.05, 0.1) is 0 Å². The number of hydrogen-bond donors (Lipinski definition) is 0. The molecule has 0 heterocycles. The van der Waals surface area contributed by atoms with Crippen molar-refractivity contribution in [2.24, 2.45) is 17.8 Å². The van der Waals surface area contributed by atoms with Gasteiger partial charge < -0.3 is 0 Å². The molecule has 6 rings (SSSR count). The number of allylic oxidation sites excluding steroid dienone is 4. The number of rotatable bonds is 0. The van der Waals surface area contributed by atoms with E-state index in [1.807, 2.05) is 0 Å². The third-order valence-electron chi connectivity index (χ3n) is 8.63. The van der Waals surface area contributed by atoms with E-state index in [0.717, 1.165) is 5.92 Å². The standard InChI is InChI=1S/C27H28/c1-15-13-19-14-24-26(25(19)16(15)2)21-10-6-8-12-23(21)27(24)18(4)17(3)20-9-5-7-11-22(20)27/h5-12,15-18H,13-14H2,1-4H3/t15-,16-,17+,18-,27?/m1/s1. The molecule has 4 aliphatic rings. The van der Waals surface area contributed by atoms with E-state index < -0.39 is 0 Å². The molecule has 27 heavy (non-hydrogen) atoms. The minimum atomic E-state index is 0.0925. The summed E-state index contributed by atoms with van der Waals surface area (Å²) in [5.41, 5.74) is 13.2. The van der Waals surface area contributed by atoms with Crippen LogP contribution >= 0.6 is 0 Å². The summed E-state index contributed by atoms with van der Waals surface area (Å²) >= 11 is 0. The van der Waals surface area contributed by atoms with Gasteiger partial charge in [-0.15, -0.1) is 0 Å². The molecule has 0 heteroatoms. The van der Waals surface area contributed by atoms with E-state index in [9.17, 15) is 0 Å². The number of fused-ring (bicyclic) bond motifs is 7. The number of hydrogen-bond acceptors (Lipinski definition) is 0. The van der Waals surface area contributed by atoms with Crippen LogP contribution in [-0.2, 0) is 5.41 Å². The van der Waals surface area contributed by atoms with Crippen molar-refractivity contribution in [1.29, 1.82) is 0 Å². The summed E-state index contributed by atoms with van der Waals surface area (Å²) in [5.74, 6) is 2.70. The summed E-state index contributed by atoms with van der Waals surface area (Å²) in [4.78, 5) is 0. The molecule has 2 aromatic rings. The van der Waals surface area contributed by atoms with Crippen molar-refractivity contribution in [2.45, 2.75) is 51.9 Å². The molecule has 0 aliphatic heterocycles. The zero-order valence-corrected chi connectivity index (χ0v) is 16.8. The van der Waals surface area contributed by atoms with Crippen LogP contribution in [0.15, 0.2) is 65.3 Å². The van der Waals surface area contributed by atoms with Gasteiger partial charge in [0.15, 0.2) is 0 Å². The van der Waals surface area contributed by atoms with Crippen molar-refractivity contribution < 1.29 is 0 Å². The van der Waals surface area contributed by atoms with Crippen LogP contribution in [0, 0.1) is 17.8 Å². The second kappa shape index (κ2) is 5.04. The Balaban J connectivity index is 1.70. The Morgan fingerprint density at radius 2 is 1.52 bits per heavy atom. The van der Waals surface area contributed by atoms with Gasteiger partial charge in [-0.05, 0) is 75.5 Å². The lowest BCUT2D eigenvalue weighted by Gasteiger charge is -2.36. The molecule has 0 saturated carbocycles. The van der Waals surface area contributed by atoms with Crippen LogP contribution in [0.2, 0.25) is 0 Å². The molecule has 0 saturated heterocycles. The van der Waals surface area contributed by atoms with Crippen molar-refractivity contribution in [3.05, 3.63) is 87.5 Å². The van der Waals surface area contributed by atoms with Crippen molar-refractivity contribution in [1.82, 2.24) is 0 Å². The Labute approximate surface area is 163 Å². The highest BCUT2D eigenvalue weighted by Crippen LogP contribution is 2.68. The first kappa shape index (κ1) is 15.9. The topological polar surface area (TPSA) is 0 Å². The minimum absolute atomic E-state index is 0.0925. The summed E-state index contributed by atoms with van der Waals surface area (Å²) in [7, 11) is 0. The predicted octanol–water partition coefficient (Wildman–Crippen LogP) is 6.87. The van der Waals surface area contributed by atoms with Gasteiger partial charge in [0.25, 0.3) is 0 Å². The highest BCUT2D eigenvalue weighted by Gasteiger charge is 2.58. The molecule has 0 N–H and O–H groups in total. The second-order valence-corrected chi connectivity index (χ2v) is 9.54. The Hall–Kier alpha value is -2.08. The first-order valence-corrected chi connectivity index (χ1v) is 10.7. The second-order valence-electron chi connectivity index (χ2n) is 9.54. The van der Waals surface area contributed by atoms with Gasteiger partial charge in [-0.2, -0.15) is 0 Å². The van der Waals surface area contributed by atoms with Gasteiger partial charge in [-0.25, -0.2) is 0 Å². The zero-order chi connectivity index (χ0) is 18.5. The van der Waals surface area contributed by atoms with Crippen LogP contribution < -0.4 is 0 Å². The fourth-order valence-electron chi connectivity index (χ4n) is 7.14. The van der Waals surface area contributed by atoms with E-state index in [1.165, 1.54) is 18.4 Å². The van der Waals surface area contributed by atoms with Crippen molar-refractivity contribution in [2.75, 3.05) is 0 Å². The van der Waals surface area contributed by atoms with Crippen molar-refractivity contribution in [3.8, 4) is 0 Å². The van der Waals surface area contributed by atoms with Gasteiger partial charge >= 0.3 is 0 Å². The highest BCUT2D eigenvalue weighted by molar-refractivity contribution is 5.96. The molecule has 2 aromatic carbocycles. The Morgan fingerprint density at radius 1 is 0.815 bits per heavy atom. The molecule has 0 fully saturated rings. The maximum atomic E-state index is 2.51. The molecule has 0 radical (unpaired) electrons. The summed E-state index contributed by atoms with van der Waals surface area (Å²) in [5, 5.41) is 0. The Bertz CT molecular complexity index is 1050. The van der Waals surface area contributed by atoms with E-state index in [-0.39, 0.29) is 5.41 Å². The van der Waals surface area contributed by atoms with Crippen LogP contribution in [0.1, 0.15) is 68.7 Å². The van der Waals surface area contributed by atoms with Crippen LogP contribution in [0.4, 0.5) is 0 Å². The quantitative estimate of drug-likeness (QED) is 0.485. The Kier molecular flexibility index (Phi) is 2.97. The fraction of sp³-hybridized carbons (Fsp3) is 0.407. The molecule has 0 aromatic heterocycles. The lowest BCUT2D eigenvalue weighted by atomic mass is 9.65. The SMILES string of the molecule is C[C@@H]1CC2=C(C3=C(C2)C2(c4ccccc43)c3ccccc3[C@@H](C)[C@H]2C)[C@@H]1C. The lowest BCUT2D eigenvalue weighted by molar-refractivity contribution is 0.387. The lowest BCUT2D eigenvalue weighted by Crippen LogP contribution is -2.32. The van der Waals surface area contributed by atoms with Crippen LogP contribution in [0.5, 0.6) is 0 Å². The minimum Gasteiger partial charge on any atom is -0.0620 e. The largest absolute Gasteiger partial charge is 0.0620 e. The summed E-state index contributed by atoms with van der Waals surface area (Å²) in [6.45, 7) is 9.85. The monoisotopic (exact) mass is 352 g/mol. The zero-order valence-electron chi connectivity index (χ0n) is 16.8. The average molecular weight is 353 g/mol. The summed E-state index contributed by atoms with van der Waals surface area (Å²) in [6, 6.07) is 18.6. The maximum Gasteiger partial charge on any atom is 0.0463 e. The molecule has 4 aliphatic carbocycles. The van der Waals surface area contributed by atoms with Gasteiger partial charge in [0.2, 0.25) is 0 Å². The average Bonchev–Trinajstić information content (AvgIpc) is 3.33. The van der Waals surface area contributed by atoms with E-state index in [4.69, 9.17) is 0 Å². The van der Waals surface area contributed by atoms with E-state index >= 15 is 0 Å². The van der Waals surface area contributed by atoms with Crippen molar-refractivity contribution in [3.63, 3.8) is 0 Å². The molecule has 1 spiro atoms. The molecule has 1 unspecified atom stereocenters. The first-order valence-electron chi connectivity index (χ1n) is 10.7. The van der Waals surface area contributed by atoms with Crippen LogP contribution in [0.3, 0.4) is 0 Å². The van der Waals surface area contributed by atoms with E-state index in [2.05, 4.69) is 76.2 Å². The molecule has 0 amide bonds. The first-order chi connectivity index (χ1) is 13.1. The molecule has 136 valence electrons. The third kappa shape index (κ3) is 1.63. The fourth-order valence-corrected chi connectivity index (χ4v) is 7.14. The van der Waals surface area contributed by atoms with E-state index in [0.29, 0.717) is 17.8 Å². The third-order valence-corrected chi connectivity index (χ3v) is 8.63. The maximum absolute atomic E-state index is 2.51. The van der Waals surface area contributed by atoms with Crippen LogP contribution in [-0.4, -0.2) is 0 Å². The smallest absolute Gasteiger partial charge is 0.0463 e. The summed E-state index contributed by atoms with van der Waals surface area (Å²) in [6.07, 6.45) is 2.51. The normalized spacial score (nSPS) is 35.7. The van der Waals surface area contributed by atoms with Gasteiger partial charge in [-0.3, -0.25) is 0 Å². The molecule has 0 nitrogen and oxygen atoms in total. The van der Waals surface area contributed by atoms with Gasteiger partial charge in [-0.1, -0.05) is 81.8 Å². The van der Waals surface area contributed by atoms with Crippen LogP contribution in [0.25, 0.3) is 5.57 Å². The highest BCUT2D eigenvalue weighted by atomic mass is 14.6. The van der Waals surface area contributed by atoms with Gasteiger partial charge in [0.1, 0.15) is 0 Å². The Morgan fingerprint density at radius 3 is 2.33 bits per heavy atom. The van der Waals surface area contributed by atoms with E-state index in [1.54, 1.807) is 39.0 Å².